The number of nitrogens with one attached hydrogen (secondary N) is 1. The smallest absolute Gasteiger partial charge is 0.280 e. The Kier molecular flexibility index (Phi) is 4.28. The number of nitrogens with zero attached hydrogens (tertiary/aromatic N) is 2. The third kappa shape index (κ3) is 2.62. The molecule has 1 aliphatic heterocycles. The Balaban J connectivity index is 1.70. The highest BCUT2D eigenvalue weighted by molar-refractivity contribution is 5.94. The second-order valence-electron chi connectivity index (χ2n) is 7.10. The summed E-state index contributed by atoms with van der Waals surface area (Å²) in [6.07, 6.45) is 3.33. The van der Waals surface area contributed by atoms with E-state index in [-0.39, 0.29) is 29.3 Å². The lowest BCUT2D eigenvalue weighted by Crippen LogP contribution is -2.53. The van der Waals surface area contributed by atoms with Crippen LogP contribution in [0.5, 0.6) is 0 Å². The van der Waals surface area contributed by atoms with Crippen molar-refractivity contribution in [3.8, 4) is 0 Å². The van der Waals surface area contributed by atoms with E-state index in [4.69, 9.17) is 9.47 Å². The van der Waals surface area contributed by atoms with Crippen molar-refractivity contribution in [2.75, 3.05) is 20.8 Å². The number of carbonyl (C=O) groups excluding carboxylic acids is 1. The Bertz CT molecular complexity index is 896. The van der Waals surface area contributed by atoms with Crippen LogP contribution in [0.25, 0.3) is 11.0 Å². The zero-order valence-electron chi connectivity index (χ0n) is 15.0. The molecule has 1 aromatic heterocycles. The summed E-state index contributed by atoms with van der Waals surface area (Å²) in [5.74, 6) is -0.335. The van der Waals surface area contributed by atoms with E-state index >= 15 is 0 Å². The van der Waals surface area contributed by atoms with Crippen molar-refractivity contribution in [3.05, 3.63) is 40.3 Å². The molecule has 0 unspecified atom stereocenters. The van der Waals surface area contributed by atoms with Gasteiger partial charge in [0.25, 0.3) is 11.5 Å². The van der Waals surface area contributed by atoms with Crippen LogP contribution in [0, 0.1) is 0 Å². The highest BCUT2D eigenvalue weighted by Gasteiger charge is 2.53. The van der Waals surface area contributed by atoms with Crippen LogP contribution in [0.4, 0.5) is 0 Å². The van der Waals surface area contributed by atoms with E-state index < -0.39 is 5.56 Å². The summed E-state index contributed by atoms with van der Waals surface area (Å²) in [6.45, 7) is 0.557. The summed E-state index contributed by atoms with van der Waals surface area (Å²) in [6, 6.07) is 7.10. The average Bonchev–Trinajstić information content (AvgIpc) is 3.06. The molecule has 1 aliphatic carbocycles. The van der Waals surface area contributed by atoms with Crippen molar-refractivity contribution >= 4 is 16.9 Å². The fourth-order valence-corrected chi connectivity index (χ4v) is 4.43. The Hall–Kier alpha value is -2.25. The number of carbonyl (C=O) groups is 1. The van der Waals surface area contributed by atoms with E-state index in [2.05, 4.69) is 9.97 Å². The molecule has 0 bridgehead atoms. The number of methoxy groups -OCH3 is 2. The van der Waals surface area contributed by atoms with Gasteiger partial charge in [0.05, 0.1) is 28.8 Å². The lowest BCUT2D eigenvalue weighted by Gasteiger charge is -2.43. The molecule has 1 N–H and O–H groups in total. The number of H-pyrrole nitrogens is 1. The summed E-state index contributed by atoms with van der Waals surface area (Å²) in [5.41, 5.74) is 0.358. The number of rotatable bonds is 3. The first-order valence-electron chi connectivity index (χ1n) is 8.96. The Morgan fingerprint density at radius 1 is 1.31 bits per heavy atom. The van der Waals surface area contributed by atoms with E-state index in [1.54, 1.807) is 31.3 Å². The molecule has 2 aliphatic rings. The van der Waals surface area contributed by atoms with Crippen molar-refractivity contribution in [2.24, 2.45) is 0 Å². The van der Waals surface area contributed by atoms with Gasteiger partial charge in [0.15, 0.2) is 5.69 Å². The predicted octanol–water partition coefficient (Wildman–Crippen LogP) is 1.72. The van der Waals surface area contributed by atoms with Gasteiger partial charge in [-0.05, 0) is 37.8 Å². The maximum atomic E-state index is 13.2. The highest BCUT2D eigenvalue weighted by Crippen LogP contribution is 2.43. The van der Waals surface area contributed by atoms with Crippen molar-refractivity contribution < 1.29 is 14.3 Å². The van der Waals surface area contributed by atoms with Crippen molar-refractivity contribution in [3.63, 3.8) is 0 Å². The second-order valence-corrected chi connectivity index (χ2v) is 7.10. The SMILES string of the molecule is CO[C@H]1CC[C@@]2(OC)CCN(C(=O)c3nc4ccccc4[nH]c3=O)[C@H]2C1. The van der Waals surface area contributed by atoms with Crippen molar-refractivity contribution in [1.82, 2.24) is 14.9 Å². The number of fused-ring (bicyclic) bond motifs is 2. The van der Waals surface area contributed by atoms with E-state index in [1.807, 2.05) is 12.1 Å². The van der Waals surface area contributed by atoms with Gasteiger partial charge < -0.3 is 19.4 Å². The van der Waals surface area contributed by atoms with Gasteiger partial charge in [-0.1, -0.05) is 12.1 Å². The number of likely N-dealkylation sites (tertiary alicyclic amines) is 1. The summed E-state index contributed by atoms with van der Waals surface area (Å²) < 4.78 is 11.4. The largest absolute Gasteiger partial charge is 0.381 e. The van der Waals surface area contributed by atoms with E-state index in [0.717, 1.165) is 19.3 Å². The minimum absolute atomic E-state index is 0.0601. The molecule has 138 valence electrons. The first-order chi connectivity index (χ1) is 12.6. The molecule has 4 rings (SSSR count). The highest BCUT2D eigenvalue weighted by atomic mass is 16.5. The number of aromatic nitrogens is 2. The van der Waals surface area contributed by atoms with Gasteiger partial charge in [0.1, 0.15) is 0 Å². The fourth-order valence-electron chi connectivity index (χ4n) is 4.43. The lowest BCUT2D eigenvalue weighted by molar-refractivity contribution is -0.0894. The summed E-state index contributed by atoms with van der Waals surface area (Å²) in [7, 11) is 3.40. The molecule has 0 spiro atoms. The Morgan fingerprint density at radius 3 is 2.88 bits per heavy atom. The molecule has 2 aromatic rings. The molecule has 1 aromatic carbocycles. The van der Waals surface area contributed by atoms with Crippen LogP contribution in [0.1, 0.15) is 36.2 Å². The number of amides is 1. The van der Waals surface area contributed by atoms with Crippen LogP contribution < -0.4 is 5.56 Å². The first-order valence-corrected chi connectivity index (χ1v) is 8.96. The molecule has 1 amide bonds. The second kappa shape index (κ2) is 6.48. The molecule has 1 saturated carbocycles. The number of para-hydroxylation sites is 2. The third-order valence-corrected chi connectivity index (χ3v) is 5.94. The topological polar surface area (TPSA) is 84.5 Å². The molecular weight excluding hydrogens is 334 g/mol. The van der Waals surface area contributed by atoms with Crippen LogP contribution in [-0.4, -0.2) is 59.3 Å². The van der Waals surface area contributed by atoms with Crippen molar-refractivity contribution in [2.45, 2.75) is 43.4 Å². The van der Waals surface area contributed by atoms with Crippen LogP contribution in [0.15, 0.2) is 29.1 Å². The van der Waals surface area contributed by atoms with Gasteiger partial charge in [0, 0.05) is 20.8 Å². The van der Waals surface area contributed by atoms with Gasteiger partial charge in [0.2, 0.25) is 0 Å². The molecular formula is C19H23N3O4. The normalized spacial score (nSPS) is 28.3. The minimum Gasteiger partial charge on any atom is -0.381 e. The summed E-state index contributed by atoms with van der Waals surface area (Å²) in [5, 5.41) is 0. The zero-order valence-corrected chi connectivity index (χ0v) is 15.0. The van der Waals surface area contributed by atoms with Gasteiger partial charge in [-0.3, -0.25) is 9.59 Å². The Labute approximate surface area is 151 Å². The van der Waals surface area contributed by atoms with Crippen LogP contribution in [-0.2, 0) is 9.47 Å². The third-order valence-electron chi connectivity index (χ3n) is 5.94. The molecule has 3 atom stereocenters. The maximum Gasteiger partial charge on any atom is 0.280 e. The van der Waals surface area contributed by atoms with Crippen LogP contribution in [0.2, 0.25) is 0 Å². The van der Waals surface area contributed by atoms with Gasteiger partial charge >= 0.3 is 0 Å². The predicted molar refractivity (Wildman–Crippen MR) is 96.2 cm³/mol. The molecule has 2 heterocycles. The van der Waals surface area contributed by atoms with Gasteiger partial charge in [-0.15, -0.1) is 0 Å². The van der Waals surface area contributed by atoms with E-state index in [0.29, 0.717) is 24.0 Å². The van der Waals surface area contributed by atoms with Crippen molar-refractivity contribution in [1.29, 1.82) is 0 Å². The molecule has 1 saturated heterocycles. The van der Waals surface area contributed by atoms with E-state index in [9.17, 15) is 9.59 Å². The Morgan fingerprint density at radius 2 is 2.12 bits per heavy atom. The number of ether oxygens (including phenoxy) is 2. The molecule has 2 fully saturated rings. The monoisotopic (exact) mass is 357 g/mol. The standard InChI is InChI=1S/C19H23N3O4/c1-25-12-7-8-19(26-2)9-10-22(15(19)11-12)18(24)16-17(23)21-14-6-4-3-5-13(14)20-16/h3-6,12,15H,7-11H2,1-2H3,(H,21,23)/t12-,15-,19+/m0/s1. The fraction of sp³-hybridized carbons (Fsp3) is 0.526. The molecule has 7 heteroatoms. The average molecular weight is 357 g/mol. The van der Waals surface area contributed by atoms with Crippen LogP contribution >= 0.6 is 0 Å². The quantitative estimate of drug-likeness (QED) is 0.904. The maximum absolute atomic E-state index is 13.2. The molecule has 7 nitrogen and oxygen atoms in total. The lowest BCUT2D eigenvalue weighted by atomic mass is 9.79. The van der Waals surface area contributed by atoms with E-state index in [1.165, 1.54) is 0 Å². The molecule has 0 radical (unpaired) electrons. The number of benzene rings is 1. The molecule has 26 heavy (non-hydrogen) atoms. The van der Waals surface area contributed by atoms with Crippen LogP contribution in [0.3, 0.4) is 0 Å². The first kappa shape index (κ1) is 17.2. The number of hydrogen-bond donors (Lipinski definition) is 1. The summed E-state index contributed by atoms with van der Waals surface area (Å²) >= 11 is 0. The summed E-state index contributed by atoms with van der Waals surface area (Å²) in [4.78, 5) is 34.5. The zero-order chi connectivity index (χ0) is 18.3. The number of aromatic amines is 1. The van der Waals surface area contributed by atoms with Gasteiger partial charge in [-0.2, -0.15) is 0 Å². The van der Waals surface area contributed by atoms with Gasteiger partial charge in [-0.25, -0.2) is 4.98 Å². The number of hydrogen-bond acceptors (Lipinski definition) is 5. The minimum atomic E-state index is -0.456.